The van der Waals surface area contributed by atoms with Crippen LogP contribution < -0.4 is 5.32 Å². The second kappa shape index (κ2) is 38.8. The van der Waals surface area contributed by atoms with E-state index in [-0.39, 0.29) is 12.8 Å². The third-order valence-corrected chi connectivity index (χ3v) is 10.4. The van der Waals surface area contributed by atoms with E-state index in [1.54, 1.807) is 0 Å². The van der Waals surface area contributed by atoms with Gasteiger partial charge in [-0.1, -0.05) is 147 Å². The molecule has 3 unspecified atom stereocenters. The van der Waals surface area contributed by atoms with Crippen LogP contribution in [-0.2, 0) is 32.7 Å². The molecule has 0 saturated heterocycles. The molecule has 322 valence electrons. The minimum Gasteiger partial charge on any atom is -0.480 e. The molecule has 0 fully saturated rings. The van der Waals surface area contributed by atoms with Gasteiger partial charge in [0.25, 0.3) is 0 Å². The van der Waals surface area contributed by atoms with Crippen LogP contribution >= 0.6 is 7.82 Å². The first-order valence-corrected chi connectivity index (χ1v) is 23.4. The number of carbonyl (C=O) groups is 3. The SMILES string of the molecule is CCCCCC/C=C\CCCCCCCC(=O)OCC(O)COP(=O)(O)OCC(NC(=O)CCCCCCCCC/C=C\CCCCCCCCC)C(=O)O. The first kappa shape index (κ1) is 53.0. The molecule has 0 bridgehead atoms. The van der Waals surface area contributed by atoms with Crippen molar-refractivity contribution in [2.45, 2.75) is 212 Å². The Morgan fingerprint density at radius 1 is 0.564 bits per heavy atom. The maximum absolute atomic E-state index is 12.3. The molecular weight excluding hydrogens is 721 g/mol. The molecule has 0 aromatic rings. The van der Waals surface area contributed by atoms with E-state index in [0.717, 1.165) is 70.6 Å². The van der Waals surface area contributed by atoms with Gasteiger partial charge in [-0.3, -0.25) is 18.6 Å². The third-order valence-electron chi connectivity index (χ3n) is 9.46. The first-order valence-electron chi connectivity index (χ1n) is 21.9. The Morgan fingerprint density at radius 3 is 1.40 bits per heavy atom. The number of hydrogen-bond acceptors (Lipinski definition) is 8. The van der Waals surface area contributed by atoms with Crippen molar-refractivity contribution in [3.05, 3.63) is 24.3 Å². The minimum atomic E-state index is -4.75. The fourth-order valence-electron chi connectivity index (χ4n) is 6.01. The lowest BCUT2D eigenvalue weighted by Crippen LogP contribution is -2.43. The number of carboxylic acid groups (broad SMARTS) is 1. The number of phosphoric acid groups is 1. The predicted molar refractivity (Wildman–Crippen MR) is 222 cm³/mol. The molecule has 0 rings (SSSR count). The standard InChI is InChI=1S/C43H80NO10P/c1-3-5-7-9-11-13-15-17-18-19-20-21-23-24-26-28-30-32-34-41(46)44-40(43(48)49)38-54-55(50,51)53-37-39(45)36-52-42(47)35-33-31-29-27-25-22-16-14-12-10-8-6-4-2/h14,16,18-19,39-40,45H,3-13,15,17,20-38H2,1-2H3,(H,44,46)(H,48,49)(H,50,51)/b16-14-,19-18-. The van der Waals surface area contributed by atoms with Gasteiger partial charge in [0.15, 0.2) is 6.04 Å². The maximum atomic E-state index is 12.3. The van der Waals surface area contributed by atoms with Gasteiger partial charge in [0, 0.05) is 12.8 Å². The third kappa shape index (κ3) is 38.6. The van der Waals surface area contributed by atoms with Crippen LogP contribution in [-0.4, -0.2) is 64.9 Å². The van der Waals surface area contributed by atoms with Gasteiger partial charge in [-0.2, -0.15) is 0 Å². The summed E-state index contributed by atoms with van der Waals surface area (Å²) in [7, 11) is -4.75. The average Bonchev–Trinajstić information content (AvgIpc) is 3.16. The van der Waals surface area contributed by atoms with Crippen molar-refractivity contribution in [1.29, 1.82) is 0 Å². The van der Waals surface area contributed by atoms with Gasteiger partial charge in [-0.05, 0) is 64.2 Å². The monoisotopic (exact) mass is 802 g/mol. The maximum Gasteiger partial charge on any atom is 0.472 e. The van der Waals surface area contributed by atoms with Gasteiger partial charge in [0.1, 0.15) is 12.7 Å². The lowest BCUT2D eigenvalue weighted by molar-refractivity contribution is -0.147. The summed E-state index contributed by atoms with van der Waals surface area (Å²) in [5.41, 5.74) is 0. The zero-order chi connectivity index (χ0) is 40.7. The van der Waals surface area contributed by atoms with Crippen LogP contribution in [0.1, 0.15) is 200 Å². The van der Waals surface area contributed by atoms with E-state index >= 15 is 0 Å². The smallest absolute Gasteiger partial charge is 0.472 e. The Labute approximate surface area is 334 Å². The summed E-state index contributed by atoms with van der Waals surface area (Å²) < 4.78 is 26.8. The van der Waals surface area contributed by atoms with Crippen molar-refractivity contribution in [3.8, 4) is 0 Å². The Hall–Kier alpha value is -2.04. The molecule has 0 spiro atoms. The Kier molecular flexibility index (Phi) is 37.4. The zero-order valence-electron chi connectivity index (χ0n) is 34.7. The summed E-state index contributed by atoms with van der Waals surface area (Å²) >= 11 is 0. The van der Waals surface area contributed by atoms with Crippen LogP contribution in [0, 0.1) is 0 Å². The summed E-state index contributed by atoms with van der Waals surface area (Å²) in [6.45, 7) is 2.57. The number of unbranched alkanes of at least 4 members (excludes halogenated alkanes) is 23. The predicted octanol–water partition coefficient (Wildman–Crippen LogP) is 11.1. The van der Waals surface area contributed by atoms with Crippen LogP contribution in [0.15, 0.2) is 24.3 Å². The topological polar surface area (TPSA) is 169 Å². The number of aliphatic hydroxyl groups is 1. The molecule has 0 saturated carbocycles. The summed E-state index contributed by atoms with van der Waals surface area (Å²) in [6, 6.07) is -1.55. The Balaban J connectivity index is 3.91. The molecule has 0 aromatic carbocycles. The fourth-order valence-corrected chi connectivity index (χ4v) is 6.78. The molecule has 0 heterocycles. The molecule has 0 aromatic heterocycles. The number of hydrogen-bond donors (Lipinski definition) is 4. The van der Waals surface area contributed by atoms with Gasteiger partial charge in [0.2, 0.25) is 5.91 Å². The van der Waals surface area contributed by atoms with Crippen molar-refractivity contribution < 1.29 is 47.8 Å². The van der Waals surface area contributed by atoms with E-state index < -0.39 is 57.6 Å². The lowest BCUT2D eigenvalue weighted by Gasteiger charge is -2.18. The summed E-state index contributed by atoms with van der Waals surface area (Å²) in [5.74, 6) is -2.38. The average molecular weight is 802 g/mol. The Bertz CT molecular complexity index is 1040. The molecule has 1 amide bonds. The van der Waals surface area contributed by atoms with E-state index in [2.05, 4.69) is 43.5 Å². The zero-order valence-corrected chi connectivity index (χ0v) is 35.6. The van der Waals surface area contributed by atoms with E-state index in [1.807, 2.05) is 0 Å². The molecule has 0 aliphatic carbocycles. The van der Waals surface area contributed by atoms with Gasteiger partial charge in [-0.25, -0.2) is 9.36 Å². The van der Waals surface area contributed by atoms with E-state index in [0.29, 0.717) is 12.8 Å². The van der Waals surface area contributed by atoms with Gasteiger partial charge in [0.05, 0.1) is 13.2 Å². The van der Waals surface area contributed by atoms with Gasteiger partial charge in [-0.15, -0.1) is 0 Å². The number of rotatable bonds is 41. The van der Waals surface area contributed by atoms with Crippen LogP contribution in [0.4, 0.5) is 0 Å². The lowest BCUT2D eigenvalue weighted by atomic mass is 10.1. The number of amides is 1. The number of ether oxygens (including phenoxy) is 1. The second-order valence-corrected chi connectivity index (χ2v) is 16.3. The number of aliphatic hydroxyl groups excluding tert-OH is 1. The van der Waals surface area contributed by atoms with Crippen LogP contribution in [0.2, 0.25) is 0 Å². The number of allylic oxidation sites excluding steroid dienone is 4. The first-order chi connectivity index (χ1) is 26.6. The highest BCUT2D eigenvalue weighted by atomic mass is 31.2. The summed E-state index contributed by atoms with van der Waals surface area (Å²) in [6.07, 6.45) is 39.1. The molecule has 4 N–H and O–H groups in total. The number of phosphoric ester groups is 1. The molecule has 12 heteroatoms. The second-order valence-electron chi connectivity index (χ2n) is 14.9. The van der Waals surface area contributed by atoms with Crippen molar-refractivity contribution >= 4 is 25.7 Å². The van der Waals surface area contributed by atoms with E-state index in [1.165, 1.54) is 89.9 Å². The van der Waals surface area contributed by atoms with E-state index in [4.69, 9.17) is 13.8 Å². The number of aliphatic carboxylic acids is 1. The highest BCUT2D eigenvalue weighted by molar-refractivity contribution is 7.47. The van der Waals surface area contributed by atoms with Crippen LogP contribution in [0.5, 0.6) is 0 Å². The summed E-state index contributed by atoms with van der Waals surface area (Å²) in [5, 5.41) is 21.8. The van der Waals surface area contributed by atoms with Gasteiger partial charge >= 0.3 is 19.8 Å². The highest BCUT2D eigenvalue weighted by Gasteiger charge is 2.28. The molecular formula is C43H80NO10P. The number of carbonyl (C=O) groups excluding carboxylic acids is 2. The van der Waals surface area contributed by atoms with Gasteiger partial charge < -0.3 is 25.2 Å². The molecule has 0 aliphatic heterocycles. The van der Waals surface area contributed by atoms with Crippen molar-refractivity contribution in [3.63, 3.8) is 0 Å². The highest BCUT2D eigenvalue weighted by Crippen LogP contribution is 2.43. The number of nitrogens with one attached hydrogen (secondary N) is 1. The van der Waals surface area contributed by atoms with Crippen molar-refractivity contribution in [2.24, 2.45) is 0 Å². The minimum absolute atomic E-state index is 0.142. The summed E-state index contributed by atoms with van der Waals surface area (Å²) in [4.78, 5) is 45.9. The van der Waals surface area contributed by atoms with E-state index in [9.17, 15) is 34.1 Å². The fraction of sp³-hybridized carbons (Fsp3) is 0.837. The van der Waals surface area contributed by atoms with Crippen molar-refractivity contribution in [1.82, 2.24) is 5.32 Å². The largest absolute Gasteiger partial charge is 0.480 e. The number of esters is 1. The van der Waals surface area contributed by atoms with Crippen LogP contribution in [0.25, 0.3) is 0 Å². The van der Waals surface area contributed by atoms with Crippen LogP contribution in [0.3, 0.4) is 0 Å². The molecule has 55 heavy (non-hydrogen) atoms. The quantitative estimate of drug-likeness (QED) is 0.0202. The normalized spacial score (nSPS) is 14.0. The van der Waals surface area contributed by atoms with Crippen molar-refractivity contribution in [2.75, 3.05) is 19.8 Å². The molecule has 0 aliphatic rings. The molecule has 3 atom stereocenters. The molecule has 11 nitrogen and oxygen atoms in total. The Morgan fingerprint density at radius 2 is 0.945 bits per heavy atom. The number of carboxylic acids is 1. The molecule has 0 radical (unpaired) electrons.